The van der Waals surface area contributed by atoms with Crippen molar-refractivity contribution in [1.82, 2.24) is 0 Å². The smallest absolute Gasteiger partial charge is 0.132 e. The van der Waals surface area contributed by atoms with E-state index in [0.29, 0.717) is 13.2 Å². The first-order valence-corrected chi connectivity index (χ1v) is 9.94. The van der Waals surface area contributed by atoms with Gasteiger partial charge in [0.15, 0.2) is 0 Å². The van der Waals surface area contributed by atoms with E-state index in [4.69, 9.17) is 18.9 Å². The van der Waals surface area contributed by atoms with Crippen molar-refractivity contribution in [3.63, 3.8) is 0 Å². The second-order valence-electron chi connectivity index (χ2n) is 7.64. The number of methoxy groups -OCH3 is 2. The molecule has 2 unspecified atom stereocenters. The number of nitrogens with one attached hydrogen (secondary N) is 1. The minimum Gasteiger partial charge on any atom is -0.497 e. The summed E-state index contributed by atoms with van der Waals surface area (Å²) in [5, 5.41) is 3.48. The van der Waals surface area contributed by atoms with Gasteiger partial charge in [0, 0.05) is 24.9 Å². The highest BCUT2D eigenvalue weighted by atomic mass is 16.6. The van der Waals surface area contributed by atoms with Crippen LogP contribution in [-0.2, 0) is 16.0 Å². The average molecular weight is 398 g/mol. The summed E-state index contributed by atoms with van der Waals surface area (Å²) < 4.78 is 23.5. The minimum absolute atomic E-state index is 0.207. The van der Waals surface area contributed by atoms with Crippen LogP contribution in [-0.4, -0.2) is 32.5 Å². The Hall–Kier alpha value is -2.50. The molecule has 3 rings (SSSR count). The van der Waals surface area contributed by atoms with Gasteiger partial charge in [-0.25, -0.2) is 0 Å². The van der Waals surface area contributed by atoms with Crippen LogP contribution in [0.15, 0.2) is 54.6 Å². The van der Waals surface area contributed by atoms with E-state index in [1.54, 1.807) is 14.2 Å². The third kappa shape index (κ3) is 4.92. The molecule has 0 saturated heterocycles. The Morgan fingerprint density at radius 2 is 1.86 bits per heavy atom. The van der Waals surface area contributed by atoms with Gasteiger partial charge in [-0.2, -0.15) is 0 Å². The van der Waals surface area contributed by atoms with Crippen LogP contribution in [0.5, 0.6) is 11.5 Å². The third-order valence-electron chi connectivity index (χ3n) is 5.17. The maximum absolute atomic E-state index is 6.27. The molecule has 5 nitrogen and oxygen atoms in total. The van der Waals surface area contributed by atoms with Gasteiger partial charge in [-0.05, 0) is 56.7 Å². The second kappa shape index (κ2) is 9.33. The van der Waals surface area contributed by atoms with Crippen LogP contribution < -0.4 is 14.8 Å². The molecule has 5 heteroatoms. The predicted molar refractivity (Wildman–Crippen MR) is 116 cm³/mol. The number of rotatable bonds is 8. The monoisotopic (exact) mass is 397 g/mol. The molecule has 1 heterocycles. The quantitative estimate of drug-likeness (QED) is 0.626. The third-order valence-corrected chi connectivity index (χ3v) is 5.17. The van der Waals surface area contributed by atoms with Crippen molar-refractivity contribution in [3.05, 3.63) is 65.7 Å². The summed E-state index contributed by atoms with van der Waals surface area (Å²) >= 11 is 0. The van der Waals surface area contributed by atoms with Crippen LogP contribution in [0, 0.1) is 0 Å². The highest BCUT2D eigenvalue weighted by Crippen LogP contribution is 2.44. The van der Waals surface area contributed by atoms with Gasteiger partial charge in [0.25, 0.3) is 0 Å². The largest absolute Gasteiger partial charge is 0.497 e. The molecular weight excluding hydrogens is 366 g/mol. The molecule has 1 aliphatic rings. The summed E-state index contributed by atoms with van der Waals surface area (Å²) in [5.74, 6) is 1.69. The van der Waals surface area contributed by atoms with Gasteiger partial charge >= 0.3 is 0 Å². The van der Waals surface area contributed by atoms with Crippen molar-refractivity contribution in [2.45, 2.75) is 45.1 Å². The molecular formula is C24H31NO4. The van der Waals surface area contributed by atoms with Crippen LogP contribution >= 0.6 is 0 Å². The summed E-state index contributed by atoms with van der Waals surface area (Å²) in [6.07, 6.45) is 3.55. The Bertz CT molecular complexity index is 829. The van der Waals surface area contributed by atoms with Crippen LogP contribution in [0.2, 0.25) is 0 Å². The van der Waals surface area contributed by atoms with Gasteiger partial charge in [-0.15, -0.1) is 0 Å². The van der Waals surface area contributed by atoms with Crippen LogP contribution in [0.4, 0.5) is 5.69 Å². The van der Waals surface area contributed by atoms with Crippen molar-refractivity contribution < 1.29 is 18.9 Å². The molecule has 2 aromatic rings. The zero-order valence-electron chi connectivity index (χ0n) is 17.9. The van der Waals surface area contributed by atoms with Crippen molar-refractivity contribution in [3.8, 4) is 11.5 Å². The average Bonchev–Trinajstić information content (AvgIpc) is 2.72. The number of ether oxygens (including phenoxy) is 4. The predicted octanol–water partition coefficient (Wildman–Crippen LogP) is 5.13. The number of hydrogen-bond donors (Lipinski definition) is 1. The lowest BCUT2D eigenvalue weighted by molar-refractivity contribution is -0.148. The van der Waals surface area contributed by atoms with Crippen LogP contribution in [0.1, 0.15) is 38.0 Å². The molecule has 0 radical (unpaired) electrons. The Balaban J connectivity index is 1.78. The molecule has 156 valence electrons. The first-order chi connectivity index (χ1) is 14.0. The number of allylic oxidation sites excluding steroid dienone is 1. The molecule has 0 aromatic heterocycles. The first-order valence-electron chi connectivity index (χ1n) is 9.94. The fourth-order valence-electron chi connectivity index (χ4n) is 3.58. The van der Waals surface area contributed by atoms with E-state index in [2.05, 4.69) is 23.5 Å². The molecule has 2 atom stereocenters. The zero-order valence-corrected chi connectivity index (χ0v) is 17.9. The van der Waals surface area contributed by atoms with Crippen LogP contribution in [0.25, 0.3) is 0 Å². The summed E-state index contributed by atoms with van der Waals surface area (Å²) in [6.45, 7) is 7.30. The molecule has 0 saturated carbocycles. The van der Waals surface area contributed by atoms with E-state index in [1.807, 2.05) is 57.2 Å². The SMILES string of the molecule is CC=CCOC1C(OC)c2cc(NCc3ccc(OC)cc3)ccc2OC1(C)C. The van der Waals surface area contributed by atoms with E-state index in [0.717, 1.165) is 22.7 Å². The summed E-state index contributed by atoms with van der Waals surface area (Å²) in [7, 11) is 3.39. The lowest BCUT2D eigenvalue weighted by Crippen LogP contribution is -2.50. The zero-order chi connectivity index (χ0) is 20.9. The Morgan fingerprint density at radius 3 is 2.52 bits per heavy atom. The van der Waals surface area contributed by atoms with Gasteiger partial charge in [0.1, 0.15) is 29.3 Å². The van der Waals surface area contributed by atoms with Crippen molar-refractivity contribution in [2.24, 2.45) is 0 Å². The van der Waals surface area contributed by atoms with E-state index < -0.39 is 5.60 Å². The fraction of sp³-hybridized carbons (Fsp3) is 0.417. The molecule has 2 aromatic carbocycles. The Labute approximate surface area is 173 Å². The number of anilines is 1. The highest BCUT2D eigenvalue weighted by Gasteiger charge is 2.45. The summed E-state index contributed by atoms with van der Waals surface area (Å²) in [5.41, 5.74) is 2.69. The molecule has 0 spiro atoms. The fourth-order valence-corrected chi connectivity index (χ4v) is 3.58. The lowest BCUT2D eigenvalue weighted by atomic mass is 9.88. The van der Waals surface area contributed by atoms with E-state index >= 15 is 0 Å². The molecule has 0 aliphatic carbocycles. The van der Waals surface area contributed by atoms with Gasteiger partial charge in [0.2, 0.25) is 0 Å². The van der Waals surface area contributed by atoms with Crippen molar-refractivity contribution in [1.29, 1.82) is 0 Å². The molecule has 0 fully saturated rings. The molecule has 0 bridgehead atoms. The normalized spacial score (nSPS) is 20.2. The van der Waals surface area contributed by atoms with E-state index in [1.165, 1.54) is 5.56 Å². The topological polar surface area (TPSA) is 49.0 Å². The molecule has 29 heavy (non-hydrogen) atoms. The molecule has 0 amide bonds. The van der Waals surface area contributed by atoms with Crippen LogP contribution in [0.3, 0.4) is 0 Å². The Morgan fingerprint density at radius 1 is 1.10 bits per heavy atom. The van der Waals surface area contributed by atoms with Gasteiger partial charge in [-0.3, -0.25) is 0 Å². The maximum Gasteiger partial charge on any atom is 0.132 e. The minimum atomic E-state index is -0.493. The van der Waals surface area contributed by atoms with Crippen molar-refractivity contribution >= 4 is 5.69 Å². The maximum atomic E-state index is 6.27. The van der Waals surface area contributed by atoms with Gasteiger partial charge in [-0.1, -0.05) is 24.3 Å². The molecule has 1 N–H and O–H groups in total. The summed E-state index contributed by atoms with van der Waals surface area (Å²) in [6, 6.07) is 14.2. The Kier molecular flexibility index (Phi) is 6.83. The number of hydrogen-bond acceptors (Lipinski definition) is 5. The van der Waals surface area contributed by atoms with E-state index in [-0.39, 0.29) is 12.2 Å². The van der Waals surface area contributed by atoms with Gasteiger partial charge < -0.3 is 24.3 Å². The second-order valence-corrected chi connectivity index (χ2v) is 7.64. The lowest BCUT2D eigenvalue weighted by Gasteiger charge is -2.43. The highest BCUT2D eigenvalue weighted by molar-refractivity contribution is 5.54. The first kappa shape index (κ1) is 21.2. The summed E-state index contributed by atoms with van der Waals surface area (Å²) in [4.78, 5) is 0. The number of fused-ring (bicyclic) bond motifs is 1. The van der Waals surface area contributed by atoms with Gasteiger partial charge in [0.05, 0.1) is 13.7 Å². The van der Waals surface area contributed by atoms with E-state index in [9.17, 15) is 0 Å². The molecule has 1 aliphatic heterocycles. The standard InChI is InChI=1S/C24H31NO4/c1-6-7-14-28-23-22(27-5)20-15-18(10-13-21(20)29-24(23,2)3)25-16-17-8-11-19(26-4)12-9-17/h6-13,15,22-23,25H,14,16H2,1-5H3. The van der Waals surface area contributed by atoms with Crippen molar-refractivity contribution in [2.75, 3.05) is 26.1 Å². The number of benzene rings is 2.